The molecule has 1 heterocycles. The van der Waals surface area contributed by atoms with Crippen molar-refractivity contribution in [3.8, 4) is 0 Å². The number of carbonyl (C=O) groups is 1. The second-order valence-electron chi connectivity index (χ2n) is 3.45. The van der Waals surface area contributed by atoms with Gasteiger partial charge in [0, 0.05) is 14.1 Å². The van der Waals surface area contributed by atoms with Crippen molar-refractivity contribution in [3.63, 3.8) is 0 Å². The molecule has 1 aromatic heterocycles. The van der Waals surface area contributed by atoms with Crippen LogP contribution in [0.2, 0.25) is 0 Å². The maximum absolute atomic E-state index is 11.6. The van der Waals surface area contributed by atoms with Gasteiger partial charge >= 0.3 is 5.82 Å². The van der Waals surface area contributed by atoms with Crippen LogP contribution in [0.25, 0.3) is 0 Å². The average molecular weight is 291 g/mol. The van der Waals surface area contributed by atoms with Gasteiger partial charge in [-0.3, -0.25) is 4.79 Å². The van der Waals surface area contributed by atoms with Crippen LogP contribution in [0.5, 0.6) is 0 Å². The van der Waals surface area contributed by atoms with Gasteiger partial charge in [-0.2, -0.15) is 4.68 Å². The molecule has 8 heteroatoms. The number of carbonyl (C=O) groups excluding carboxylic acids is 1. The average Bonchev–Trinajstić information content (AvgIpc) is 2.58. The predicted molar refractivity (Wildman–Crippen MR) is 60.0 cm³/mol. The summed E-state index contributed by atoms with van der Waals surface area (Å²) in [5.41, 5.74) is 0. The smallest absolute Gasteiger partial charge is 0.358 e. The van der Waals surface area contributed by atoms with Crippen molar-refractivity contribution in [1.82, 2.24) is 14.7 Å². The first kappa shape index (κ1) is 12.6. The van der Waals surface area contributed by atoms with Crippen molar-refractivity contribution in [2.45, 2.75) is 13.0 Å². The highest BCUT2D eigenvalue weighted by atomic mass is 79.9. The van der Waals surface area contributed by atoms with Gasteiger partial charge in [0.2, 0.25) is 5.91 Å². The van der Waals surface area contributed by atoms with Gasteiger partial charge in [0.05, 0.1) is 11.3 Å². The number of rotatable bonds is 3. The van der Waals surface area contributed by atoms with Gasteiger partial charge < -0.3 is 15.0 Å². The summed E-state index contributed by atoms with van der Waals surface area (Å²) in [5, 5.41) is 14.3. The third-order valence-corrected chi connectivity index (χ3v) is 2.60. The van der Waals surface area contributed by atoms with E-state index in [1.807, 2.05) is 0 Å². The zero-order valence-electron chi connectivity index (χ0n) is 9.05. The fourth-order valence-electron chi connectivity index (χ4n) is 1.17. The molecule has 0 saturated carbocycles. The topological polar surface area (TPSA) is 81.3 Å². The summed E-state index contributed by atoms with van der Waals surface area (Å²) in [4.78, 5) is 23.0. The Morgan fingerprint density at radius 1 is 1.69 bits per heavy atom. The van der Waals surface area contributed by atoms with Crippen LogP contribution in [0.4, 0.5) is 5.82 Å². The van der Waals surface area contributed by atoms with Crippen LogP contribution in [-0.2, 0) is 4.79 Å². The van der Waals surface area contributed by atoms with E-state index in [1.165, 1.54) is 15.8 Å². The molecule has 0 N–H and O–H groups in total. The lowest BCUT2D eigenvalue weighted by atomic mass is 10.3. The van der Waals surface area contributed by atoms with Gasteiger partial charge in [-0.1, -0.05) is 0 Å². The van der Waals surface area contributed by atoms with Crippen molar-refractivity contribution >= 4 is 27.7 Å². The van der Waals surface area contributed by atoms with Crippen LogP contribution < -0.4 is 0 Å². The zero-order valence-corrected chi connectivity index (χ0v) is 10.6. The molecule has 7 nitrogen and oxygen atoms in total. The first-order valence-corrected chi connectivity index (χ1v) is 5.24. The summed E-state index contributed by atoms with van der Waals surface area (Å²) in [5.74, 6) is -0.469. The number of amides is 1. The molecule has 16 heavy (non-hydrogen) atoms. The van der Waals surface area contributed by atoms with Crippen molar-refractivity contribution in [2.75, 3.05) is 14.1 Å². The third kappa shape index (κ3) is 2.38. The first-order chi connectivity index (χ1) is 7.34. The number of aromatic nitrogens is 2. The fourth-order valence-corrected chi connectivity index (χ4v) is 1.60. The van der Waals surface area contributed by atoms with E-state index in [1.54, 1.807) is 21.0 Å². The van der Waals surface area contributed by atoms with Crippen molar-refractivity contribution < 1.29 is 9.72 Å². The number of halogens is 1. The molecule has 0 aliphatic heterocycles. The monoisotopic (exact) mass is 290 g/mol. The van der Waals surface area contributed by atoms with E-state index >= 15 is 0 Å². The number of nitrogens with zero attached hydrogens (tertiary/aromatic N) is 4. The maximum atomic E-state index is 11.6. The third-order valence-electron chi connectivity index (χ3n) is 2.04. The molecule has 1 amide bonds. The molecule has 1 aromatic rings. The lowest BCUT2D eigenvalue weighted by molar-refractivity contribution is -0.390. The molecule has 0 bridgehead atoms. The zero-order chi connectivity index (χ0) is 12.5. The second-order valence-corrected chi connectivity index (χ2v) is 4.30. The standard InChI is InChI=1S/C8H11BrN4O3/c1-5(8(14)11(2)3)12-4-6(9)7(10-12)13(15)16/h4-5H,1-3H3. The van der Waals surface area contributed by atoms with Crippen LogP contribution in [0.3, 0.4) is 0 Å². The summed E-state index contributed by atoms with van der Waals surface area (Å²) in [6.07, 6.45) is 1.42. The van der Waals surface area contributed by atoms with Gasteiger partial charge in [-0.05, 0) is 27.8 Å². The normalized spacial score (nSPS) is 12.2. The van der Waals surface area contributed by atoms with Crippen LogP contribution in [0.1, 0.15) is 13.0 Å². The van der Waals surface area contributed by atoms with E-state index in [2.05, 4.69) is 21.0 Å². The molecule has 0 radical (unpaired) electrons. The second kappa shape index (κ2) is 4.60. The van der Waals surface area contributed by atoms with Crippen molar-refractivity contribution in [1.29, 1.82) is 0 Å². The summed E-state index contributed by atoms with van der Waals surface area (Å²) >= 11 is 3.02. The Morgan fingerprint density at radius 2 is 2.25 bits per heavy atom. The molecule has 1 atom stereocenters. The minimum Gasteiger partial charge on any atom is -0.358 e. The highest BCUT2D eigenvalue weighted by Gasteiger charge is 2.25. The Bertz CT molecular complexity index is 429. The van der Waals surface area contributed by atoms with Crippen LogP contribution in [0, 0.1) is 10.1 Å². The summed E-state index contributed by atoms with van der Waals surface area (Å²) in [6.45, 7) is 1.63. The Hall–Kier alpha value is -1.44. The minimum absolute atomic E-state index is 0.176. The van der Waals surface area contributed by atoms with E-state index in [0.29, 0.717) is 0 Å². The SMILES string of the molecule is CC(C(=O)N(C)C)n1cc(Br)c([N+](=O)[O-])n1. The summed E-state index contributed by atoms with van der Waals surface area (Å²) in [6, 6.07) is -0.569. The molecule has 0 fully saturated rings. The van der Waals surface area contributed by atoms with Gasteiger partial charge in [0.25, 0.3) is 0 Å². The van der Waals surface area contributed by atoms with Crippen molar-refractivity contribution in [2.24, 2.45) is 0 Å². The van der Waals surface area contributed by atoms with E-state index in [-0.39, 0.29) is 16.2 Å². The number of likely N-dealkylation sites (N-methyl/N-ethyl adjacent to an activating group) is 1. The molecule has 88 valence electrons. The van der Waals surface area contributed by atoms with Gasteiger partial charge in [-0.25, -0.2) is 0 Å². The van der Waals surface area contributed by atoms with E-state index in [0.717, 1.165) is 0 Å². The van der Waals surface area contributed by atoms with Crippen LogP contribution in [-0.4, -0.2) is 39.6 Å². The van der Waals surface area contributed by atoms with Gasteiger partial charge in [0.15, 0.2) is 0 Å². The molecular weight excluding hydrogens is 280 g/mol. The summed E-state index contributed by atoms with van der Waals surface area (Å²) in [7, 11) is 3.23. The van der Waals surface area contributed by atoms with Crippen LogP contribution in [0.15, 0.2) is 10.7 Å². The first-order valence-electron chi connectivity index (χ1n) is 4.44. The molecular formula is C8H11BrN4O3. The lowest BCUT2D eigenvalue weighted by Gasteiger charge is -2.14. The molecule has 0 aromatic carbocycles. The Morgan fingerprint density at radius 3 is 2.62 bits per heavy atom. The quantitative estimate of drug-likeness (QED) is 0.619. The largest absolute Gasteiger partial charge is 0.404 e. The molecule has 0 aliphatic carbocycles. The Labute approximate surface area is 100 Å². The Kier molecular flexibility index (Phi) is 3.63. The number of nitro groups is 1. The van der Waals surface area contributed by atoms with E-state index in [4.69, 9.17) is 0 Å². The van der Waals surface area contributed by atoms with E-state index < -0.39 is 11.0 Å². The van der Waals surface area contributed by atoms with Crippen LogP contribution >= 0.6 is 15.9 Å². The molecule has 1 rings (SSSR count). The minimum atomic E-state index is -0.604. The molecule has 0 saturated heterocycles. The highest BCUT2D eigenvalue weighted by Crippen LogP contribution is 2.24. The predicted octanol–water partition coefficient (Wildman–Crippen LogP) is 1.20. The number of hydrogen-bond donors (Lipinski definition) is 0. The van der Waals surface area contributed by atoms with E-state index in [9.17, 15) is 14.9 Å². The van der Waals surface area contributed by atoms with Gasteiger partial charge in [-0.15, -0.1) is 0 Å². The number of hydrogen-bond acceptors (Lipinski definition) is 4. The lowest BCUT2D eigenvalue weighted by Crippen LogP contribution is -2.30. The summed E-state index contributed by atoms with van der Waals surface area (Å²) < 4.78 is 1.53. The van der Waals surface area contributed by atoms with Crippen molar-refractivity contribution in [3.05, 3.63) is 20.8 Å². The van der Waals surface area contributed by atoms with Gasteiger partial charge in [0.1, 0.15) is 10.5 Å². The molecule has 1 unspecified atom stereocenters. The Balaban J connectivity index is 3.02. The highest BCUT2D eigenvalue weighted by molar-refractivity contribution is 9.10. The molecule has 0 spiro atoms. The fraction of sp³-hybridized carbons (Fsp3) is 0.500. The maximum Gasteiger partial charge on any atom is 0.404 e. The molecule has 0 aliphatic rings.